The van der Waals surface area contributed by atoms with Gasteiger partial charge in [-0.3, -0.25) is 14.7 Å². The second kappa shape index (κ2) is 5.89. The highest BCUT2D eigenvalue weighted by Crippen LogP contribution is 2.24. The first-order chi connectivity index (χ1) is 8.27. The molecule has 0 amide bonds. The third kappa shape index (κ3) is 3.35. The van der Waals surface area contributed by atoms with Gasteiger partial charge >= 0.3 is 0 Å². The van der Waals surface area contributed by atoms with E-state index in [0.29, 0.717) is 6.42 Å². The highest BCUT2D eigenvalue weighted by Gasteiger charge is 2.23. The van der Waals surface area contributed by atoms with E-state index in [1.165, 1.54) is 0 Å². The van der Waals surface area contributed by atoms with E-state index in [9.17, 15) is 4.79 Å². The molecule has 0 bridgehead atoms. The topological polar surface area (TPSA) is 42.4 Å². The molecule has 1 aliphatic heterocycles. The van der Waals surface area contributed by atoms with Gasteiger partial charge in [-0.1, -0.05) is 0 Å². The molecule has 2 rings (SSSR count). The number of ketones is 1. The molecule has 0 saturated carbocycles. The lowest BCUT2D eigenvalue weighted by Crippen LogP contribution is -2.39. The highest BCUT2D eigenvalue weighted by atomic mass is 16.5. The Labute approximate surface area is 102 Å². The van der Waals surface area contributed by atoms with E-state index in [4.69, 9.17) is 4.74 Å². The number of Topliss-reactive ketones (excluding diaryl/α,β-unsaturated/α-hetero) is 1. The molecule has 1 atom stereocenters. The number of morpholine rings is 1. The molecule has 1 unspecified atom stereocenters. The van der Waals surface area contributed by atoms with E-state index in [2.05, 4.69) is 9.88 Å². The number of pyridine rings is 1. The number of ether oxygens (including phenoxy) is 1. The van der Waals surface area contributed by atoms with Crippen LogP contribution in [-0.2, 0) is 9.53 Å². The van der Waals surface area contributed by atoms with E-state index < -0.39 is 0 Å². The molecular formula is C13H18N2O2. The van der Waals surface area contributed by atoms with Crippen molar-refractivity contribution in [2.24, 2.45) is 0 Å². The van der Waals surface area contributed by atoms with Crippen LogP contribution in [0.4, 0.5) is 0 Å². The maximum absolute atomic E-state index is 11.4. The maximum atomic E-state index is 11.4. The van der Waals surface area contributed by atoms with Gasteiger partial charge in [0.15, 0.2) is 0 Å². The van der Waals surface area contributed by atoms with Crippen LogP contribution < -0.4 is 0 Å². The molecule has 17 heavy (non-hydrogen) atoms. The van der Waals surface area contributed by atoms with Crippen molar-refractivity contribution >= 4 is 5.78 Å². The Kier molecular flexibility index (Phi) is 4.23. The predicted octanol–water partition coefficient (Wildman–Crippen LogP) is 1.43. The lowest BCUT2D eigenvalue weighted by molar-refractivity contribution is -0.118. The monoisotopic (exact) mass is 234 g/mol. The first kappa shape index (κ1) is 12.2. The molecule has 0 aliphatic carbocycles. The number of aromatic nitrogens is 1. The van der Waals surface area contributed by atoms with Crippen molar-refractivity contribution in [2.75, 3.05) is 26.3 Å². The molecular weight excluding hydrogens is 216 g/mol. The van der Waals surface area contributed by atoms with Gasteiger partial charge in [0.2, 0.25) is 0 Å². The zero-order valence-electron chi connectivity index (χ0n) is 10.1. The summed E-state index contributed by atoms with van der Waals surface area (Å²) in [5.41, 5.74) is 1.16. The van der Waals surface area contributed by atoms with Gasteiger partial charge in [-0.25, -0.2) is 0 Å². The minimum atomic E-state index is 0.166. The standard InChI is InChI=1S/C13H18N2O2/c1-11(16)10-13(12-2-4-14-5-3-12)15-6-8-17-9-7-15/h2-5,13H,6-10H2,1H3. The van der Waals surface area contributed by atoms with Crippen LogP contribution >= 0.6 is 0 Å². The largest absolute Gasteiger partial charge is 0.379 e. The highest BCUT2D eigenvalue weighted by molar-refractivity contribution is 5.76. The van der Waals surface area contributed by atoms with E-state index in [-0.39, 0.29) is 11.8 Å². The summed E-state index contributed by atoms with van der Waals surface area (Å²) in [6.45, 7) is 4.92. The van der Waals surface area contributed by atoms with Gasteiger partial charge in [-0.2, -0.15) is 0 Å². The third-order valence-corrected chi connectivity index (χ3v) is 3.06. The summed E-state index contributed by atoms with van der Waals surface area (Å²) in [5.74, 6) is 0.221. The summed E-state index contributed by atoms with van der Waals surface area (Å²) >= 11 is 0. The molecule has 4 nitrogen and oxygen atoms in total. The molecule has 0 radical (unpaired) electrons. The average Bonchev–Trinajstić information content (AvgIpc) is 2.38. The molecule has 1 saturated heterocycles. The fraction of sp³-hybridized carbons (Fsp3) is 0.538. The minimum absolute atomic E-state index is 0.166. The fourth-order valence-corrected chi connectivity index (χ4v) is 2.20. The Morgan fingerprint density at radius 3 is 2.65 bits per heavy atom. The summed E-state index contributed by atoms with van der Waals surface area (Å²) in [6, 6.07) is 4.14. The molecule has 1 aromatic rings. The second-order valence-electron chi connectivity index (χ2n) is 4.35. The SMILES string of the molecule is CC(=O)CC(c1ccncc1)N1CCOCC1. The first-order valence-corrected chi connectivity index (χ1v) is 5.98. The lowest BCUT2D eigenvalue weighted by Gasteiger charge is -2.34. The Morgan fingerprint density at radius 1 is 1.41 bits per heavy atom. The molecule has 92 valence electrons. The average molecular weight is 234 g/mol. The van der Waals surface area contributed by atoms with E-state index >= 15 is 0 Å². The number of carbonyl (C=O) groups is 1. The lowest BCUT2D eigenvalue weighted by atomic mass is 10.0. The van der Waals surface area contributed by atoms with Crippen LogP contribution in [0.3, 0.4) is 0 Å². The minimum Gasteiger partial charge on any atom is -0.379 e. The molecule has 0 spiro atoms. The van der Waals surface area contributed by atoms with E-state index in [1.807, 2.05) is 12.1 Å². The van der Waals surface area contributed by atoms with Crippen molar-refractivity contribution in [3.63, 3.8) is 0 Å². The van der Waals surface area contributed by atoms with Crippen LogP contribution in [0.5, 0.6) is 0 Å². The molecule has 4 heteroatoms. The first-order valence-electron chi connectivity index (χ1n) is 5.98. The van der Waals surface area contributed by atoms with Crippen molar-refractivity contribution in [3.8, 4) is 0 Å². The van der Waals surface area contributed by atoms with Gasteiger partial charge in [0, 0.05) is 37.9 Å². The van der Waals surface area contributed by atoms with Crippen molar-refractivity contribution in [1.82, 2.24) is 9.88 Å². The molecule has 2 heterocycles. The Balaban J connectivity index is 2.15. The van der Waals surface area contributed by atoms with Gasteiger partial charge in [-0.05, 0) is 24.6 Å². The normalized spacial score (nSPS) is 18.9. The second-order valence-corrected chi connectivity index (χ2v) is 4.35. The predicted molar refractivity (Wildman–Crippen MR) is 64.7 cm³/mol. The molecule has 0 aromatic carbocycles. The Morgan fingerprint density at radius 2 is 2.06 bits per heavy atom. The molecule has 1 fully saturated rings. The fourth-order valence-electron chi connectivity index (χ4n) is 2.20. The summed E-state index contributed by atoms with van der Waals surface area (Å²) < 4.78 is 5.35. The van der Waals surface area contributed by atoms with Gasteiger partial charge in [0.25, 0.3) is 0 Å². The van der Waals surface area contributed by atoms with Gasteiger partial charge < -0.3 is 4.74 Å². The van der Waals surface area contributed by atoms with Crippen LogP contribution in [0.1, 0.15) is 24.9 Å². The van der Waals surface area contributed by atoms with Crippen LogP contribution in [0.2, 0.25) is 0 Å². The molecule has 1 aliphatic rings. The number of nitrogens with zero attached hydrogens (tertiary/aromatic N) is 2. The quantitative estimate of drug-likeness (QED) is 0.790. The van der Waals surface area contributed by atoms with Crippen molar-refractivity contribution in [2.45, 2.75) is 19.4 Å². The van der Waals surface area contributed by atoms with Crippen molar-refractivity contribution in [3.05, 3.63) is 30.1 Å². The van der Waals surface area contributed by atoms with Gasteiger partial charge in [0.1, 0.15) is 5.78 Å². The van der Waals surface area contributed by atoms with Crippen LogP contribution in [-0.4, -0.2) is 42.0 Å². The smallest absolute Gasteiger partial charge is 0.131 e. The third-order valence-electron chi connectivity index (χ3n) is 3.06. The molecule has 1 aromatic heterocycles. The van der Waals surface area contributed by atoms with Crippen molar-refractivity contribution < 1.29 is 9.53 Å². The summed E-state index contributed by atoms with van der Waals surface area (Å²) in [4.78, 5) is 17.7. The summed E-state index contributed by atoms with van der Waals surface area (Å²) in [6.07, 6.45) is 4.12. The molecule has 0 N–H and O–H groups in total. The Bertz CT molecular complexity index is 361. The Hall–Kier alpha value is -1.26. The zero-order chi connectivity index (χ0) is 12.1. The van der Waals surface area contributed by atoms with Crippen LogP contribution in [0.15, 0.2) is 24.5 Å². The van der Waals surface area contributed by atoms with Gasteiger partial charge in [-0.15, -0.1) is 0 Å². The zero-order valence-corrected chi connectivity index (χ0v) is 10.1. The summed E-state index contributed by atoms with van der Waals surface area (Å²) in [5, 5.41) is 0. The number of hydrogen-bond acceptors (Lipinski definition) is 4. The number of rotatable bonds is 4. The van der Waals surface area contributed by atoms with Gasteiger partial charge in [0.05, 0.1) is 13.2 Å². The van der Waals surface area contributed by atoms with Crippen molar-refractivity contribution in [1.29, 1.82) is 0 Å². The maximum Gasteiger partial charge on any atom is 0.131 e. The number of carbonyl (C=O) groups excluding carboxylic acids is 1. The van der Waals surface area contributed by atoms with E-state index in [0.717, 1.165) is 31.9 Å². The van der Waals surface area contributed by atoms with E-state index in [1.54, 1.807) is 19.3 Å². The summed E-state index contributed by atoms with van der Waals surface area (Å²) in [7, 11) is 0. The number of hydrogen-bond donors (Lipinski definition) is 0. The van der Waals surface area contributed by atoms with Crippen LogP contribution in [0, 0.1) is 0 Å². The van der Waals surface area contributed by atoms with Crippen LogP contribution in [0.25, 0.3) is 0 Å².